The Morgan fingerprint density at radius 2 is 1.54 bits per heavy atom. The summed E-state index contributed by atoms with van der Waals surface area (Å²) in [7, 11) is 1.53. The zero-order valence-electron chi connectivity index (χ0n) is 21.8. The molecule has 41 heavy (non-hydrogen) atoms. The summed E-state index contributed by atoms with van der Waals surface area (Å²) < 4.78 is 5.40. The van der Waals surface area contributed by atoms with Gasteiger partial charge in [0.05, 0.1) is 28.6 Å². The first-order valence-electron chi connectivity index (χ1n) is 12.3. The van der Waals surface area contributed by atoms with Gasteiger partial charge < -0.3 is 20.7 Å². The van der Waals surface area contributed by atoms with E-state index < -0.39 is 11.8 Å². The molecule has 0 aliphatic heterocycles. The maximum absolute atomic E-state index is 13.3. The van der Waals surface area contributed by atoms with Crippen LogP contribution in [0, 0.1) is 0 Å². The van der Waals surface area contributed by atoms with Crippen LogP contribution in [-0.2, 0) is 9.59 Å². The third kappa shape index (κ3) is 8.38. The number of carbonyl (C=O) groups excluding carboxylic acids is 3. The number of anilines is 2. The fraction of sp³-hybridized carbons (Fsp3) is 0.0645. The van der Waals surface area contributed by atoms with Crippen LogP contribution >= 0.6 is 35.0 Å². The Kier molecular flexibility index (Phi) is 10.5. The third-order valence-corrected chi connectivity index (χ3v) is 7.51. The lowest BCUT2D eigenvalue weighted by atomic mass is 10.1. The highest BCUT2D eigenvalue weighted by molar-refractivity contribution is 8.00. The average Bonchev–Trinajstić information content (AvgIpc) is 2.99. The molecule has 10 heteroatoms. The van der Waals surface area contributed by atoms with Crippen molar-refractivity contribution in [3.63, 3.8) is 0 Å². The number of hydrogen-bond donors (Lipinski definition) is 3. The molecule has 4 aromatic carbocycles. The van der Waals surface area contributed by atoms with Gasteiger partial charge >= 0.3 is 0 Å². The number of ether oxygens (including phenoxy) is 1. The number of amides is 3. The molecule has 0 saturated heterocycles. The van der Waals surface area contributed by atoms with Gasteiger partial charge in [-0.1, -0.05) is 65.7 Å². The predicted molar refractivity (Wildman–Crippen MR) is 166 cm³/mol. The summed E-state index contributed by atoms with van der Waals surface area (Å²) in [5.41, 5.74) is 2.03. The highest BCUT2D eigenvalue weighted by Crippen LogP contribution is 2.30. The molecule has 0 aliphatic carbocycles. The van der Waals surface area contributed by atoms with Crippen molar-refractivity contribution in [1.29, 1.82) is 0 Å². The monoisotopic (exact) mass is 605 g/mol. The van der Waals surface area contributed by atoms with Gasteiger partial charge in [0.15, 0.2) is 0 Å². The molecule has 7 nitrogen and oxygen atoms in total. The number of nitrogens with one attached hydrogen (secondary N) is 3. The van der Waals surface area contributed by atoms with Gasteiger partial charge in [-0.05, 0) is 60.7 Å². The molecule has 0 spiro atoms. The summed E-state index contributed by atoms with van der Waals surface area (Å²) in [4.78, 5) is 39.4. The fourth-order valence-corrected chi connectivity index (χ4v) is 4.70. The van der Waals surface area contributed by atoms with Crippen molar-refractivity contribution >= 4 is 70.1 Å². The van der Waals surface area contributed by atoms with Crippen molar-refractivity contribution in [2.24, 2.45) is 0 Å². The van der Waals surface area contributed by atoms with E-state index in [4.69, 9.17) is 27.9 Å². The van der Waals surface area contributed by atoms with Crippen LogP contribution in [0.3, 0.4) is 0 Å². The van der Waals surface area contributed by atoms with Gasteiger partial charge in [-0.3, -0.25) is 14.4 Å². The number of carbonyl (C=O) groups is 3. The van der Waals surface area contributed by atoms with Crippen molar-refractivity contribution < 1.29 is 19.1 Å². The highest BCUT2D eigenvalue weighted by atomic mass is 35.5. The lowest BCUT2D eigenvalue weighted by Gasteiger charge is -2.13. The van der Waals surface area contributed by atoms with E-state index in [0.717, 1.165) is 4.90 Å². The van der Waals surface area contributed by atoms with E-state index in [1.54, 1.807) is 91.0 Å². The minimum atomic E-state index is -0.515. The van der Waals surface area contributed by atoms with E-state index in [2.05, 4.69) is 16.0 Å². The van der Waals surface area contributed by atoms with Crippen LogP contribution < -0.4 is 20.7 Å². The van der Waals surface area contributed by atoms with Gasteiger partial charge in [-0.2, -0.15) is 0 Å². The Balaban J connectivity index is 1.43. The van der Waals surface area contributed by atoms with Crippen LogP contribution in [0.25, 0.3) is 6.08 Å². The lowest BCUT2D eigenvalue weighted by Crippen LogP contribution is -2.30. The molecule has 208 valence electrons. The molecule has 4 aromatic rings. The smallest absolute Gasteiger partial charge is 0.272 e. The molecular formula is C31H25Cl2N3O4S. The number of halogens is 2. The molecule has 3 N–H and O–H groups in total. The van der Waals surface area contributed by atoms with Gasteiger partial charge in [0.1, 0.15) is 11.4 Å². The Bertz CT molecular complexity index is 1580. The first kappa shape index (κ1) is 29.7. The number of para-hydroxylation sites is 1. The summed E-state index contributed by atoms with van der Waals surface area (Å²) in [6.45, 7) is 0. The normalized spacial score (nSPS) is 11.0. The van der Waals surface area contributed by atoms with Crippen LogP contribution in [0.5, 0.6) is 5.75 Å². The Labute approximate surface area is 251 Å². The first-order valence-corrected chi connectivity index (χ1v) is 14.1. The second-order valence-corrected chi connectivity index (χ2v) is 10.4. The fourth-order valence-electron chi connectivity index (χ4n) is 3.65. The second kappa shape index (κ2) is 14.4. The van der Waals surface area contributed by atoms with E-state index in [1.165, 1.54) is 18.9 Å². The summed E-state index contributed by atoms with van der Waals surface area (Å²) in [6.07, 6.45) is 1.56. The van der Waals surface area contributed by atoms with Crippen molar-refractivity contribution in [3.8, 4) is 5.75 Å². The molecule has 0 radical (unpaired) electrons. The number of rotatable bonds is 10. The SMILES string of the molecule is COc1ccccc1/C=C(\NC(=O)c1ccccc1)C(=O)Nc1ccc(SCC(=O)Nc2cccc(Cl)c2Cl)cc1. The average molecular weight is 607 g/mol. The molecule has 0 heterocycles. The van der Waals surface area contributed by atoms with Crippen LogP contribution in [0.2, 0.25) is 10.0 Å². The van der Waals surface area contributed by atoms with Gasteiger partial charge in [-0.25, -0.2) is 0 Å². The van der Waals surface area contributed by atoms with Crippen LogP contribution in [0.1, 0.15) is 15.9 Å². The quantitative estimate of drug-likeness (QED) is 0.132. The topological polar surface area (TPSA) is 96.5 Å². The minimum absolute atomic E-state index is 0.0400. The number of benzene rings is 4. The van der Waals surface area contributed by atoms with Crippen molar-refractivity contribution in [2.75, 3.05) is 23.5 Å². The number of thioether (sulfide) groups is 1. The molecule has 0 unspecified atom stereocenters. The molecule has 3 amide bonds. The van der Waals surface area contributed by atoms with Gasteiger partial charge in [0.2, 0.25) is 5.91 Å². The van der Waals surface area contributed by atoms with E-state index in [1.807, 2.05) is 12.1 Å². The van der Waals surface area contributed by atoms with E-state index >= 15 is 0 Å². The summed E-state index contributed by atoms with van der Waals surface area (Å²) in [5.74, 6) is -0.484. The summed E-state index contributed by atoms with van der Waals surface area (Å²) in [5, 5.41) is 8.91. The molecule has 0 saturated carbocycles. The summed E-state index contributed by atoms with van der Waals surface area (Å²) >= 11 is 13.5. The first-order chi connectivity index (χ1) is 19.8. The van der Waals surface area contributed by atoms with Gasteiger partial charge in [0.25, 0.3) is 11.8 Å². The zero-order chi connectivity index (χ0) is 29.2. The van der Waals surface area contributed by atoms with Gasteiger partial charge in [0, 0.05) is 21.7 Å². The summed E-state index contributed by atoms with van der Waals surface area (Å²) in [6, 6.07) is 27.8. The van der Waals surface area contributed by atoms with Crippen molar-refractivity contribution in [2.45, 2.75) is 4.90 Å². The van der Waals surface area contributed by atoms with E-state index in [9.17, 15) is 14.4 Å². The zero-order valence-corrected chi connectivity index (χ0v) is 24.1. The van der Waals surface area contributed by atoms with Crippen LogP contribution in [0.4, 0.5) is 11.4 Å². The Morgan fingerprint density at radius 3 is 2.27 bits per heavy atom. The molecule has 0 bridgehead atoms. The molecule has 4 rings (SSSR count). The molecular weight excluding hydrogens is 581 g/mol. The third-order valence-electron chi connectivity index (χ3n) is 5.68. The lowest BCUT2D eigenvalue weighted by molar-refractivity contribution is -0.114. The largest absolute Gasteiger partial charge is 0.496 e. The standard InChI is InChI=1S/C31H25Cl2N3O4S/c1-40-27-13-6-5-10-21(27)18-26(36-30(38)20-8-3-2-4-9-20)31(39)34-22-14-16-23(17-15-22)41-19-28(37)35-25-12-7-11-24(32)29(25)33/h2-18H,19H2,1H3,(H,34,39)(H,35,37)(H,36,38)/b26-18-. The van der Waals surface area contributed by atoms with Crippen LogP contribution in [-0.4, -0.2) is 30.6 Å². The molecule has 0 aliphatic rings. The maximum Gasteiger partial charge on any atom is 0.272 e. The van der Waals surface area contributed by atoms with Gasteiger partial charge in [-0.15, -0.1) is 11.8 Å². The molecule has 0 atom stereocenters. The highest BCUT2D eigenvalue weighted by Gasteiger charge is 2.16. The number of methoxy groups -OCH3 is 1. The molecule has 0 aromatic heterocycles. The maximum atomic E-state index is 13.3. The minimum Gasteiger partial charge on any atom is -0.496 e. The Morgan fingerprint density at radius 1 is 0.829 bits per heavy atom. The van der Waals surface area contributed by atoms with Crippen molar-refractivity contribution in [1.82, 2.24) is 5.32 Å². The van der Waals surface area contributed by atoms with E-state index in [-0.39, 0.29) is 22.4 Å². The Hall–Kier alpha value is -4.24. The number of hydrogen-bond acceptors (Lipinski definition) is 5. The van der Waals surface area contributed by atoms with E-state index in [0.29, 0.717) is 33.3 Å². The molecule has 0 fully saturated rings. The van der Waals surface area contributed by atoms with Crippen LogP contribution in [0.15, 0.2) is 108 Å². The van der Waals surface area contributed by atoms with Crippen molar-refractivity contribution in [3.05, 3.63) is 124 Å². The second-order valence-electron chi connectivity index (χ2n) is 8.54. The predicted octanol–water partition coefficient (Wildman–Crippen LogP) is 7.14.